The van der Waals surface area contributed by atoms with Gasteiger partial charge in [0.25, 0.3) is 0 Å². The molecule has 0 bridgehead atoms. The summed E-state index contributed by atoms with van der Waals surface area (Å²) >= 11 is 0. The third kappa shape index (κ3) is 4.76. The summed E-state index contributed by atoms with van der Waals surface area (Å²) in [6, 6.07) is 30.3. The van der Waals surface area contributed by atoms with E-state index in [1.807, 2.05) is 24.3 Å². The number of anilines is 2. The number of nitrogens with two attached hydrogens (primary N) is 2. The molecule has 0 aliphatic heterocycles. The zero-order chi connectivity index (χ0) is 18.4. The Kier molecular flexibility index (Phi) is 5.79. The van der Waals surface area contributed by atoms with Gasteiger partial charge in [0.05, 0.1) is 8.07 Å². The van der Waals surface area contributed by atoms with Gasteiger partial charge in [-0.3, -0.25) is 0 Å². The van der Waals surface area contributed by atoms with Gasteiger partial charge in [0.2, 0.25) is 0 Å². The van der Waals surface area contributed by atoms with E-state index in [9.17, 15) is 0 Å². The molecule has 3 aromatic rings. The third-order valence-electron chi connectivity index (χ3n) is 5.36. The van der Waals surface area contributed by atoms with E-state index in [-0.39, 0.29) is 0 Å². The maximum absolute atomic E-state index is 5.82. The largest absolute Gasteiger partial charge is 0.399 e. The first kappa shape index (κ1) is 18.3. The topological polar surface area (TPSA) is 52.0 Å². The maximum Gasteiger partial charge on any atom is 0.0843 e. The van der Waals surface area contributed by atoms with Crippen LogP contribution in [0.15, 0.2) is 78.9 Å². The zero-order valence-electron chi connectivity index (χ0n) is 15.5. The Morgan fingerprint density at radius 3 is 1.46 bits per heavy atom. The van der Waals surface area contributed by atoms with E-state index in [2.05, 4.69) is 61.1 Å². The average Bonchev–Trinajstić information content (AvgIpc) is 2.68. The van der Waals surface area contributed by atoms with E-state index in [4.69, 9.17) is 11.5 Å². The van der Waals surface area contributed by atoms with Gasteiger partial charge in [0.1, 0.15) is 0 Å². The third-order valence-corrected chi connectivity index (χ3v) is 9.80. The van der Waals surface area contributed by atoms with Crippen LogP contribution < -0.4 is 16.7 Å². The van der Waals surface area contributed by atoms with Crippen LogP contribution in [0.1, 0.15) is 11.1 Å². The van der Waals surface area contributed by atoms with Gasteiger partial charge in [-0.1, -0.05) is 66.3 Å². The van der Waals surface area contributed by atoms with Gasteiger partial charge in [0, 0.05) is 11.4 Å². The molecule has 0 amide bonds. The Bertz CT molecular complexity index is 762. The molecule has 0 fully saturated rings. The minimum Gasteiger partial charge on any atom is -0.399 e. The van der Waals surface area contributed by atoms with Gasteiger partial charge in [0.15, 0.2) is 0 Å². The number of nitrogen functional groups attached to an aromatic ring is 2. The van der Waals surface area contributed by atoms with Crippen molar-refractivity contribution < 1.29 is 0 Å². The molecule has 0 atom stereocenters. The smallest absolute Gasteiger partial charge is 0.0843 e. The molecule has 0 aliphatic carbocycles. The van der Waals surface area contributed by atoms with Crippen molar-refractivity contribution in [2.45, 2.75) is 31.5 Å². The van der Waals surface area contributed by atoms with Crippen LogP contribution in [0, 0.1) is 0 Å². The number of aryl methyl sites for hydroxylation is 2. The standard InChI is InChI=1S/C23H28N2Si/c1-26(23-5-3-2-4-6-23,17-15-19-7-11-21(24)12-8-19)18-16-20-9-13-22(25)14-10-20/h2-14H,15-18,24-25H2,1H3. The highest BCUT2D eigenvalue weighted by atomic mass is 28.3. The average molecular weight is 361 g/mol. The van der Waals surface area contributed by atoms with Crippen LogP contribution in [0.2, 0.25) is 18.6 Å². The zero-order valence-corrected chi connectivity index (χ0v) is 16.5. The lowest BCUT2D eigenvalue weighted by atomic mass is 10.1. The Hall–Kier alpha value is -2.52. The molecular weight excluding hydrogens is 332 g/mol. The second-order valence-corrected chi connectivity index (χ2v) is 12.1. The molecular formula is C23H28N2Si. The Labute approximate surface area is 157 Å². The monoisotopic (exact) mass is 360 g/mol. The first-order valence-electron chi connectivity index (χ1n) is 9.29. The predicted molar refractivity (Wildman–Crippen MR) is 116 cm³/mol. The van der Waals surface area contributed by atoms with Crippen molar-refractivity contribution in [2.75, 3.05) is 11.5 Å². The van der Waals surface area contributed by atoms with Crippen LogP contribution in [0.25, 0.3) is 0 Å². The molecule has 0 saturated heterocycles. The van der Waals surface area contributed by atoms with E-state index < -0.39 is 8.07 Å². The summed E-state index contributed by atoms with van der Waals surface area (Å²) in [5.41, 5.74) is 16.1. The van der Waals surface area contributed by atoms with Crippen LogP contribution in [0.3, 0.4) is 0 Å². The summed E-state index contributed by atoms with van der Waals surface area (Å²) in [5, 5.41) is 1.55. The summed E-state index contributed by atoms with van der Waals surface area (Å²) in [6.07, 6.45) is 2.22. The Balaban J connectivity index is 1.75. The summed E-state index contributed by atoms with van der Waals surface area (Å²) in [4.78, 5) is 0. The summed E-state index contributed by atoms with van der Waals surface area (Å²) in [5.74, 6) is 0. The highest BCUT2D eigenvalue weighted by Crippen LogP contribution is 2.22. The van der Waals surface area contributed by atoms with Gasteiger partial charge in [-0.15, -0.1) is 0 Å². The summed E-state index contributed by atoms with van der Waals surface area (Å²) in [7, 11) is -1.58. The normalized spacial score (nSPS) is 11.4. The van der Waals surface area contributed by atoms with Crippen LogP contribution in [-0.4, -0.2) is 8.07 Å². The SMILES string of the molecule is C[Si](CCc1ccc(N)cc1)(CCc1ccc(N)cc1)c1ccccc1. The van der Waals surface area contributed by atoms with Crippen LogP contribution in [-0.2, 0) is 12.8 Å². The molecule has 0 spiro atoms. The van der Waals surface area contributed by atoms with E-state index in [1.165, 1.54) is 23.2 Å². The lowest BCUT2D eigenvalue weighted by Crippen LogP contribution is -2.45. The quantitative estimate of drug-likeness (QED) is 0.477. The molecule has 0 unspecified atom stereocenters. The maximum atomic E-state index is 5.82. The molecule has 134 valence electrons. The predicted octanol–water partition coefficient (Wildman–Crippen LogP) is 4.62. The van der Waals surface area contributed by atoms with Gasteiger partial charge in [-0.25, -0.2) is 0 Å². The molecule has 0 aromatic heterocycles. The number of rotatable bonds is 7. The highest BCUT2D eigenvalue weighted by Gasteiger charge is 2.28. The second-order valence-electron chi connectivity index (χ2n) is 7.41. The first-order chi connectivity index (χ1) is 12.5. The highest BCUT2D eigenvalue weighted by molar-refractivity contribution is 6.90. The molecule has 3 heteroatoms. The van der Waals surface area contributed by atoms with E-state index in [0.717, 1.165) is 24.2 Å². The van der Waals surface area contributed by atoms with Gasteiger partial charge < -0.3 is 11.5 Å². The summed E-state index contributed by atoms with van der Waals surface area (Å²) in [6.45, 7) is 2.52. The van der Waals surface area contributed by atoms with Gasteiger partial charge >= 0.3 is 0 Å². The fraction of sp³-hybridized carbons (Fsp3) is 0.217. The van der Waals surface area contributed by atoms with Gasteiger partial charge in [-0.2, -0.15) is 0 Å². The Morgan fingerprint density at radius 1 is 0.615 bits per heavy atom. The fourth-order valence-electron chi connectivity index (χ4n) is 3.46. The molecule has 3 rings (SSSR count). The molecule has 0 radical (unpaired) electrons. The minimum atomic E-state index is -1.58. The molecule has 0 heterocycles. The van der Waals surface area contributed by atoms with Crippen LogP contribution in [0.4, 0.5) is 11.4 Å². The van der Waals surface area contributed by atoms with E-state index >= 15 is 0 Å². The first-order valence-corrected chi connectivity index (χ1v) is 12.2. The Morgan fingerprint density at radius 2 is 1.04 bits per heavy atom. The van der Waals surface area contributed by atoms with Crippen molar-refractivity contribution in [3.8, 4) is 0 Å². The van der Waals surface area contributed by atoms with E-state index in [1.54, 1.807) is 5.19 Å². The lowest BCUT2D eigenvalue weighted by Gasteiger charge is -2.28. The minimum absolute atomic E-state index is 0.833. The molecule has 0 saturated carbocycles. The number of hydrogen-bond donors (Lipinski definition) is 2. The lowest BCUT2D eigenvalue weighted by molar-refractivity contribution is 1.03. The number of hydrogen-bond acceptors (Lipinski definition) is 2. The fourth-order valence-corrected chi connectivity index (χ4v) is 6.97. The van der Waals surface area contributed by atoms with E-state index in [0.29, 0.717) is 0 Å². The second kappa shape index (κ2) is 8.24. The molecule has 26 heavy (non-hydrogen) atoms. The summed E-state index contributed by atoms with van der Waals surface area (Å²) < 4.78 is 0. The van der Waals surface area contributed by atoms with Crippen molar-refractivity contribution in [2.24, 2.45) is 0 Å². The van der Waals surface area contributed by atoms with Crippen molar-refractivity contribution >= 4 is 24.6 Å². The molecule has 4 N–H and O–H groups in total. The molecule has 0 aliphatic rings. The van der Waals surface area contributed by atoms with Crippen LogP contribution >= 0.6 is 0 Å². The van der Waals surface area contributed by atoms with Crippen molar-refractivity contribution in [1.29, 1.82) is 0 Å². The molecule has 2 nitrogen and oxygen atoms in total. The molecule has 3 aromatic carbocycles. The van der Waals surface area contributed by atoms with Gasteiger partial charge in [-0.05, 0) is 60.3 Å². The van der Waals surface area contributed by atoms with Crippen LogP contribution in [0.5, 0.6) is 0 Å². The van der Waals surface area contributed by atoms with Crippen molar-refractivity contribution in [3.05, 3.63) is 90.0 Å². The van der Waals surface area contributed by atoms with Crippen molar-refractivity contribution in [1.82, 2.24) is 0 Å². The number of benzene rings is 3. The van der Waals surface area contributed by atoms with Crippen molar-refractivity contribution in [3.63, 3.8) is 0 Å².